The molecule has 0 saturated heterocycles. The van der Waals surface area contributed by atoms with Crippen LogP contribution >= 0.6 is 22.9 Å². The number of nitrogens with zero attached hydrogens (tertiary/aromatic N) is 3. The third-order valence-electron chi connectivity index (χ3n) is 3.50. The van der Waals surface area contributed by atoms with E-state index >= 15 is 0 Å². The van der Waals surface area contributed by atoms with Crippen LogP contribution in [0, 0.1) is 0 Å². The molecule has 0 spiro atoms. The second kappa shape index (κ2) is 6.07. The van der Waals surface area contributed by atoms with Gasteiger partial charge in [-0.3, -0.25) is 14.2 Å². The molecule has 4 aromatic rings. The van der Waals surface area contributed by atoms with E-state index in [-0.39, 0.29) is 5.91 Å². The van der Waals surface area contributed by atoms with Crippen LogP contribution in [-0.4, -0.2) is 20.3 Å². The number of rotatable bonds is 3. The molecule has 0 fully saturated rings. The fourth-order valence-electron chi connectivity index (χ4n) is 2.40. The fourth-order valence-corrected chi connectivity index (χ4v) is 3.41. The predicted octanol–water partition coefficient (Wildman–Crippen LogP) is 4.25. The second-order valence-corrected chi connectivity index (χ2v) is 6.31. The van der Waals surface area contributed by atoms with Crippen LogP contribution < -0.4 is 5.32 Å². The van der Waals surface area contributed by atoms with Crippen molar-refractivity contribution in [2.24, 2.45) is 0 Å². The van der Waals surface area contributed by atoms with E-state index in [0.29, 0.717) is 16.5 Å². The quantitative estimate of drug-likeness (QED) is 0.559. The van der Waals surface area contributed by atoms with Crippen molar-refractivity contribution in [3.05, 3.63) is 65.0 Å². The van der Waals surface area contributed by atoms with E-state index in [2.05, 4.69) is 15.3 Å². The molecule has 3 aromatic heterocycles. The summed E-state index contributed by atoms with van der Waals surface area (Å²) in [6, 6.07) is 9.62. The monoisotopic (exact) mass is 354 g/mol. The zero-order valence-electron chi connectivity index (χ0n) is 12.3. The molecular weight excluding hydrogens is 344 g/mol. The van der Waals surface area contributed by atoms with Crippen LogP contribution in [0.2, 0.25) is 5.15 Å². The van der Waals surface area contributed by atoms with Crippen LogP contribution in [0.15, 0.2) is 54.2 Å². The fraction of sp³-hybridized carbons (Fsp3) is 0. The van der Waals surface area contributed by atoms with Crippen molar-refractivity contribution >= 4 is 56.5 Å². The zero-order valence-corrected chi connectivity index (χ0v) is 13.9. The second-order valence-electron chi connectivity index (χ2n) is 5.08. The van der Waals surface area contributed by atoms with Crippen LogP contribution in [-0.2, 0) is 4.79 Å². The van der Waals surface area contributed by atoms with Gasteiger partial charge in [0.25, 0.3) is 0 Å². The molecule has 0 bridgehead atoms. The summed E-state index contributed by atoms with van der Waals surface area (Å²) in [6.07, 6.45) is 6.59. The van der Waals surface area contributed by atoms with Gasteiger partial charge < -0.3 is 5.32 Å². The first kappa shape index (κ1) is 14.9. The molecular formula is C17H11ClN4OS. The largest absolute Gasteiger partial charge is 0.321 e. The van der Waals surface area contributed by atoms with E-state index in [1.54, 1.807) is 12.3 Å². The van der Waals surface area contributed by atoms with Gasteiger partial charge in [0.05, 0.1) is 23.1 Å². The lowest BCUT2D eigenvalue weighted by Gasteiger charge is -2.03. The van der Waals surface area contributed by atoms with Crippen molar-refractivity contribution in [2.75, 3.05) is 5.32 Å². The van der Waals surface area contributed by atoms with Crippen molar-refractivity contribution in [3.63, 3.8) is 0 Å². The highest BCUT2D eigenvalue weighted by Gasteiger charge is 2.09. The lowest BCUT2D eigenvalue weighted by molar-refractivity contribution is -0.111. The number of para-hydroxylation sites is 1. The van der Waals surface area contributed by atoms with Gasteiger partial charge in [-0.1, -0.05) is 29.8 Å². The molecule has 0 aliphatic heterocycles. The molecule has 118 valence electrons. The Morgan fingerprint density at radius 3 is 3.12 bits per heavy atom. The summed E-state index contributed by atoms with van der Waals surface area (Å²) < 4.78 is 1.84. The van der Waals surface area contributed by atoms with Crippen molar-refractivity contribution in [1.82, 2.24) is 14.4 Å². The molecule has 1 amide bonds. The molecule has 24 heavy (non-hydrogen) atoms. The van der Waals surface area contributed by atoms with Crippen LogP contribution in [0.4, 0.5) is 5.69 Å². The number of hydrogen-bond donors (Lipinski definition) is 1. The number of nitrogens with one attached hydrogen (secondary N) is 1. The van der Waals surface area contributed by atoms with E-state index in [1.807, 2.05) is 46.3 Å². The van der Waals surface area contributed by atoms with Gasteiger partial charge in [0, 0.05) is 23.0 Å². The van der Waals surface area contributed by atoms with E-state index in [0.717, 1.165) is 15.9 Å². The summed E-state index contributed by atoms with van der Waals surface area (Å²) in [5, 5.41) is 6.06. The van der Waals surface area contributed by atoms with Gasteiger partial charge in [0.15, 0.2) is 10.1 Å². The number of halogens is 1. The Balaban J connectivity index is 1.55. The lowest BCUT2D eigenvalue weighted by atomic mass is 10.2. The number of thiazole rings is 1. The first-order chi connectivity index (χ1) is 11.7. The zero-order chi connectivity index (χ0) is 16.5. The molecule has 0 saturated carbocycles. The smallest absolute Gasteiger partial charge is 0.248 e. The standard InChI is InChI=1S/C17H11ClN4OS/c18-16-14(22-7-8-24-17(22)21-16)5-6-15(23)20-12-9-11-3-1-2-4-13(11)19-10-12/h1-10H,(H,20,23)/b6-5+. The van der Waals surface area contributed by atoms with Crippen molar-refractivity contribution in [1.29, 1.82) is 0 Å². The van der Waals surface area contributed by atoms with E-state index in [4.69, 9.17) is 11.6 Å². The summed E-state index contributed by atoms with van der Waals surface area (Å²) in [4.78, 5) is 21.5. The number of benzene rings is 1. The summed E-state index contributed by atoms with van der Waals surface area (Å²) in [5.41, 5.74) is 2.21. The van der Waals surface area contributed by atoms with Gasteiger partial charge in [-0.2, -0.15) is 0 Å². The normalized spacial score (nSPS) is 11.5. The van der Waals surface area contributed by atoms with Gasteiger partial charge in [-0.15, -0.1) is 11.3 Å². The molecule has 7 heteroatoms. The summed E-state index contributed by atoms with van der Waals surface area (Å²) >= 11 is 7.58. The Labute approximate surface area is 146 Å². The molecule has 0 radical (unpaired) electrons. The Hall–Kier alpha value is -2.70. The third-order valence-corrected chi connectivity index (χ3v) is 4.54. The van der Waals surface area contributed by atoms with Gasteiger partial charge in [0.2, 0.25) is 5.91 Å². The maximum Gasteiger partial charge on any atom is 0.248 e. The number of anilines is 1. The number of aromatic nitrogens is 3. The topological polar surface area (TPSA) is 59.3 Å². The van der Waals surface area contributed by atoms with Crippen molar-refractivity contribution < 1.29 is 4.79 Å². The highest BCUT2D eigenvalue weighted by molar-refractivity contribution is 7.15. The van der Waals surface area contributed by atoms with Crippen LogP contribution in [0.25, 0.3) is 21.9 Å². The first-order valence-electron chi connectivity index (χ1n) is 7.15. The van der Waals surface area contributed by atoms with Crippen molar-refractivity contribution in [3.8, 4) is 0 Å². The summed E-state index contributed by atoms with van der Waals surface area (Å²) in [7, 11) is 0. The number of carbonyl (C=O) groups is 1. The SMILES string of the molecule is O=C(/C=C/c1c(Cl)nc2sccn12)Nc1cnc2ccccc2c1. The lowest BCUT2D eigenvalue weighted by Crippen LogP contribution is -2.08. The minimum Gasteiger partial charge on any atom is -0.321 e. The van der Waals surface area contributed by atoms with Crippen LogP contribution in [0.1, 0.15) is 5.69 Å². The maximum atomic E-state index is 12.1. The van der Waals surface area contributed by atoms with Gasteiger partial charge in [-0.25, -0.2) is 4.98 Å². The maximum absolute atomic E-state index is 12.1. The molecule has 1 N–H and O–H groups in total. The Morgan fingerprint density at radius 1 is 1.33 bits per heavy atom. The number of hydrogen-bond acceptors (Lipinski definition) is 4. The molecule has 5 nitrogen and oxygen atoms in total. The van der Waals surface area contributed by atoms with Crippen LogP contribution in [0.3, 0.4) is 0 Å². The summed E-state index contributed by atoms with van der Waals surface area (Å²) in [5.74, 6) is -0.256. The van der Waals surface area contributed by atoms with E-state index in [1.165, 1.54) is 17.4 Å². The molecule has 0 aliphatic rings. The highest BCUT2D eigenvalue weighted by atomic mass is 35.5. The van der Waals surface area contributed by atoms with E-state index < -0.39 is 0 Å². The Bertz CT molecular complexity index is 1080. The van der Waals surface area contributed by atoms with Gasteiger partial charge in [0.1, 0.15) is 0 Å². The van der Waals surface area contributed by atoms with E-state index in [9.17, 15) is 4.79 Å². The van der Waals surface area contributed by atoms with Gasteiger partial charge >= 0.3 is 0 Å². The average Bonchev–Trinajstić information content (AvgIpc) is 3.13. The molecule has 0 atom stereocenters. The number of carbonyl (C=O) groups excluding carboxylic acids is 1. The molecule has 1 aromatic carbocycles. The summed E-state index contributed by atoms with van der Waals surface area (Å²) in [6.45, 7) is 0. The molecule has 3 heterocycles. The van der Waals surface area contributed by atoms with Crippen molar-refractivity contribution in [2.45, 2.75) is 0 Å². The average molecular weight is 355 g/mol. The number of imidazole rings is 1. The number of amides is 1. The predicted molar refractivity (Wildman–Crippen MR) is 97.5 cm³/mol. The highest BCUT2D eigenvalue weighted by Crippen LogP contribution is 2.22. The third kappa shape index (κ3) is 2.77. The number of fused-ring (bicyclic) bond motifs is 2. The first-order valence-corrected chi connectivity index (χ1v) is 8.41. The minimum absolute atomic E-state index is 0.256. The molecule has 4 rings (SSSR count). The minimum atomic E-state index is -0.256. The molecule has 0 unspecified atom stereocenters. The Morgan fingerprint density at radius 2 is 2.21 bits per heavy atom. The molecule has 0 aliphatic carbocycles. The van der Waals surface area contributed by atoms with Gasteiger partial charge in [-0.05, 0) is 18.2 Å². The van der Waals surface area contributed by atoms with Crippen LogP contribution in [0.5, 0.6) is 0 Å². The Kier molecular flexibility index (Phi) is 3.76. The number of pyridine rings is 1.